The minimum Gasteiger partial charge on any atom is -0.490 e. The highest BCUT2D eigenvalue weighted by molar-refractivity contribution is 7.14. The number of nitrogens with one attached hydrogen (secondary N) is 1. The minimum atomic E-state index is -0.563. The molecule has 8 nitrogen and oxygen atoms in total. The van der Waals surface area contributed by atoms with Crippen LogP contribution < -0.4 is 10.1 Å². The second-order valence-corrected chi connectivity index (χ2v) is 7.02. The number of benzene rings is 1. The average molecular weight is 392 g/mol. The summed E-state index contributed by atoms with van der Waals surface area (Å²) in [5, 5.41) is 13.6. The highest BCUT2D eigenvalue weighted by atomic mass is 32.1. The topological polar surface area (TPSA) is 108 Å². The summed E-state index contributed by atoms with van der Waals surface area (Å²) in [6.07, 6.45) is 0.817. The Balaban J connectivity index is 2.03. The first-order chi connectivity index (χ1) is 12.8. The summed E-state index contributed by atoms with van der Waals surface area (Å²) >= 11 is 1.33. The lowest BCUT2D eigenvalue weighted by atomic mass is 10.1. The van der Waals surface area contributed by atoms with Crippen LogP contribution in [0.15, 0.2) is 18.2 Å². The molecule has 144 valence electrons. The van der Waals surface area contributed by atoms with Crippen molar-refractivity contribution >= 4 is 34.6 Å². The number of methoxy groups -OCH3 is 1. The van der Waals surface area contributed by atoms with Crippen LogP contribution in [-0.2, 0) is 16.0 Å². The standard InChI is InChI=1S/C18H20N2O6S/c1-5-12-7-16(27-11(12)3)18(22)26-9-17(21)19-13-8-15(25-4)14(20(23)24)6-10(13)2/h6-8H,5,9H2,1-4H3,(H,19,21). The maximum absolute atomic E-state index is 12.1. The Hall–Kier alpha value is -2.94. The second kappa shape index (κ2) is 8.63. The van der Waals surface area contributed by atoms with Crippen molar-refractivity contribution in [2.24, 2.45) is 0 Å². The number of amides is 1. The maximum atomic E-state index is 12.1. The van der Waals surface area contributed by atoms with Crippen LogP contribution in [0, 0.1) is 24.0 Å². The summed E-state index contributed by atoms with van der Waals surface area (Å²) in [4.78, 5) is 36.1. The molecule has 27 heavy (non-hydrogen) atoms. The van der Waals surface area contributed by atoms with E-state index in [1.54, 1.807) is 13.0 Å². The van der Waals surface area contributed by atoms with E-state index in [0.29, 0.717) is 16.1 Å². The Labute approximate surface area is 160 Å². The van der Waals surface area contributed by atoms with E-state index in [-0.39, 0.29) is 11.4 Å². The molecule has 1 aromatic heterocycles. The van der Waals surface area contributed by atoms with E-state index in [4.69, 9.17) is 9.47 Å². The zero-order valence-electron chi connectivity index (χ0n) is 15.5. The first-order valence-electron chi connectivity index (χ1n) is 8.16. The lowest BCUT2D eigenvalue weighted by Crippen LogP contribution is -2.21. The summed E-state index contributed by atoms with van der Waals surface area (Å²) < 4.78 is 10.0. The number of ether oxygens (including phenoxy) is 2. The Morgan fingerprint density at radius 1 is 1.26 bits per heavy atom. The molecule has 2 rings (SSSR count). The molecule has 1 aromatic carbocycles. The van der Waals surface area contributed by atoms with Gasteiger partial charge in [-0.25, -0.2) is 4.79 Å². The van der Waals surface area contributed by atoms with Crippen molar-refractivity contribution in [3.05, 3.63) is 49.2 Å². The van der Waals surface area contributed by atoms with Crippen molar-refractivity contribution in [1.82, 2.24) is 0 Å². The molecule has 0 aliphatic heterocycles. The number of hydrogen-bond donors (Lipinski definition) is 1. The average Bonchev–Trinajstić information content (AvgIpc) is 3.01. The number of rotatable bonds is 7. The van der Waals surface area contributed by atoms with Gasteiger partial charge in [0.25, 0.3) is 5.91 Å². The Morgan fingerprint density at radius 3 is 2.52 bits per heavy atom. The molecule has 9 heteroatoms. The summed E-state index contributed by atoms with van der Waals surface area (Å²) in [5.41, 5.74) is 1.71. The molecule has 0 saturated carbocycles. The first-order valence-corrected chi connectivity index (χ1v) is 8.97. The van der Waals surface area contributed by atoms with Gasteiger partial charge < -0.3 is 14.8 Å². The number of hydrogen-bond acceptors (Lipinski definition) is 7. The molecule has 1 N–H and O–H groups in total. The fourth-order valence-electron chi connectivity index (χ4n) is 2.47. The van der Waals surface area contributed by atoms with E-state index < -0.39 is 23.4 Å². The van der Waals surface area contributed by atoms with Gasteiger partial charge in [0, 0.05) is 22.7 Å². The highest BCUT2D eigenvalue weighted by Gasteiger charge is 2.19. The van der Waals surface area contributed by atoms with Gasteiger partial charge in [0.15, 0.2) is 12.4 Å². The van der Waals surface area contributed by atoms with Gasteiger partial charge in [-0.2, -0.15) is 0 Å². The van der Waals surface area contributed by atoms with Gasteiger partial charge >= 0.3 is 11.7 Å². The van der Waals surface area contributed by atoms with E-state index >= 15 is 0 Å². The molecule has 1 amide bonds. The third kappa shape index (κ3) is 4.82. The lowest BCUT2D eigenvalue weighted by Gasteiger charge is -2.11. The molecule has 0 atom stereocenters. The Bertz CT molecular complexity index is 890. The van der Waals surface area contributed by atoms with Crippen LogP contribution >= 0.6 is 11.3 Å². The molecular weight excluding hydrogens is 372 g/mol. The zero-order valence-corrected chi connectivity index (χ0v) is 16.3. The number of nitro groups is 1. The van der Waals surface area contributed by atoms with Gasteiger partial charge in [-0.05, 0) is 37.5 Å². The zero-order chi connectivity index (χ0) is 20.1. The predicted molar refractivity (Wildman–Crippen MR) is 102 cm³/mol. The van der Waals surface area contributed by atoms with E-state index in [0.717, 1.165) is 16.9 Å². The number of esters is 1. The van der Waals surface area contributed by atoms with Crippen molar-refractivity contribution in [2.75, 3.05) is 19.0 Å². The number of carbonyl (C=O) groups excluding carboxylic acids is 2. The van der Waals surface area contributed by atoms with Crippen LogP contribution in [-0.4, -0.2) is 30.5 Å². The van der Waals surface area contributed by atoms with Crippen molar-refractivity contribution in [3.63, 3.8) is 0 Å². The van der Waals surface area contributed by atoms with Gasteiger partial charge in [-0.15, -0.1) is 11.3 Å². The molecule has 0 spiro atoms. The number of thiophene rings is 1. The van der Waals surface area contributed by atoms with Crippen LogP contribution in [0.2, 0.25) is 0 Å². The largest absolute Gasteiger partial charge is 0.490 e. The molecule has 2 aromatic rings. The fraction of sp³-hybridized carbons (Fsp3) is 0.333. The fourth-order valence-corrected chi connectivity index (χ4v) is 3.48. The van der Waals surface area contributed by atoms with E-state index in [1.807, 2.05) is 13.8 Å². The second-order valence-electron chi connectivity index (χ2n) is 5.77. The SMILES string of the molecule is CCc1cc(C(=O)OCC(=O)Nc2cc(OC)c([N+](=O)[O-])cc2C)sc1C. The number of nitrogens with zero attached hydrogens (tertiary/aromatic N) is 1. The monoisotopic (exact) mass is 392 g/mol. The first kappa shape index (κ1) is 20.4. The molecule has 0 bridgehead atoms. The van der Waals surface area contributed by atoms with Crippen molar-refractivity contribution in [2.45, 2.75) is 27.2 Å². The number of carbonyl (C=O) groups is 2. The molecule has 0 radical (unpaired) electrons. The van der Waals surface area contributed by atoms with Crippen molar-refractivity contribution in [3.8, 4) is 5.75 Å². The van der Waals surface area contributed by atoms with Gasteiger partial charge in [-0.3, -0.25) is 14.9 Å². The van der Waals surface area contributed by atoms with Gasteiger partial charge in [0.2, 0.25) is 0 Å². The molecule has 1 heterocycles. The van der Waals surface area contributed by atoms with Gasteiger partial charge in [0.1, 0.15) is 4.88 Å². The molecule has 0 saturated heterocycles. The van der Waals surface area contributed by atoms with E-state index in [2.05, 4.69) is 5.32 Å². The maximum Gasteiger partial charge on any atom is 0.348 e. The third-order valence-corrected chi connectivity index (χ3v) is 5.01. The van der Waals surface area contributed by atoms with Gasteiger partial charge in [-0.1, -0.05) is 6.92 Å². The molecule has 0 aliphatic carbocycles. The number of aryl methyl sites for hydroxylation is 3. The smallest absolute Gasteiger partial charge is 0.348 e. The Kier molecular flexibility index (Phi) is 6.51. The third-order valence-electron chi connectivity index (χ3n) is 3.93. The van der Waals surface area contributed by atoms with Crippen LogP contribution in [0.25, 0.3) is 0 Å². The Morgan fingerprint density at radius 2 is 1.96 bits per heavy atom. The summed E-state index contributed by atoms with van der Waals surface area (Å²) in [5.74, 6) is -1.08. The highest BCUT2D eigenvalue weighted by Crippen LogP contribution is 2.32. The van der Waals surface area contributed by atoms with Crippen molar-refractivity contribution in [1.29, 1.82) is 0 Å². The van der Waals surface area contributed by atoms with E-state index in [9.17, 15) is 19.7 Å². The molecular formula is C18H20N2O6S. The van der Waals surface area contributed by atoms with Crippen LogP contribution in [0.1, 0.15) is 32.6 Å². The van der Waals surface area contributed by atoms with Gasteiger partial charge in [0.05, 0.1) is 12.0 Å². The van der Waals surface area contributed by atoms with Crippen molar-refractivity contribution < 1.29 is 24.0 Å². The number of nitro benzene ring substituents is 1. The van der Waals surface area contributed by atoms with E-state index in [1.165, 1.54) is 30.6 Å². The predicted octanol–water partition coefficient (Wildman–Crippen LogP) is 3.64. The molecule has 0 aliphatic rings. The van der Waals surface area contributed by atoms with Crippen LogP contribution in [0.3, 0.4) is 0 Å². The summed E-state index contributed by atoms with van der Waals surface area (Å²) in [7, 11) is 1.30. The summed E-state index contributed by atoms with van der Waals surface area (Å²) in [6, 6.07) is 4.44. The van der Waals surface area contributed by atoms with Crippen LogP contribution in [0.5, 0.6) is 5.75 Å². The van der Waals surface area contributed by atoms with Crippen LogP contribution in [0.4, 0.5) is 11.4 Å². The lowest BCUT2D eigenvalue weighted by molar-refractivity contribution is -0.385. The summed E-state index contributed by atoms with van der Waals surface area (Å²) in [6.45, 7) is 5.08. The number of anilines is 1. The molecule has 0 unspecified atom stereocenters. The normalized spacial score (nSPS) is 10.4. The minimum absolute atomic E-state index is 0.0269. The quantitative estimate of drug-likeness (QED) is 0.438. The molecule has 0 fully saturated rings.